The number of nitrogens with one attached hydrogen (secondary N) is 1. The van der Waals surface area contributed by atoms with Crippen molar-refractivity contribution in [2.75, 3.05) is 24.7 Å². The fourth-order valence-corrected chi connectivity index (χ4v) is 2.74. The first-order chi connectivity index (χ1) is 9.09. The zero-order valence-corrected chi connectivity index (χ0v) is 13.4. The Morgan fingerprint density at radius 3 is 2.47 bits per heavy atom. The predicted octanol–water partition coefficient (Wildman–Crippen LogP) is 3.52. The molecule has 19 heavy (non-hydrogen) atoms. The Balaban J connectivity index is 2.76. The van der Waals surface area contributed by atoms with Crippen LogP contribution in [0.4, 0.5) is 5.95 Å². The molecule has 0 saturated heterocycles. The van der Waals surface area contributed by atoms with Gasteiger partial charge in [0.15, 0.2) is 0 Å². The molecule has 0 atom stereocenters. The lowest BCUT2D eigenvalue weighted by molar-refractivity contribution is 0.326. The van der Waals surface area contributed by atoms with E-state index in [4.69, 9.17) is 4.74 Å². The lowest BCUT2D eigenvalue weighted by Crippen LogP contribution is -2.32. The number of aryl methyl sites for hydroxylation is 1. The molecule has 0 fully saturated rings. The zero-order chi connectivity index (χ0) is 14.3. The van der Waals surface area contributed by atoms with E-state index in [2.05, 4.69) is 35.4 Å². The van der Waals surface area contributed by atoms with Gasteiger partial charge >= 0.3 is 0 Å². The summed E-state index contributed by atoms with van der Waals surface area (Å²) in [6.07, 6.45) is 4.42. The lowest BCUT2D eigenvalue weighted by Gasteiger charge is -2.29. The standard InChI is InChI=1S/C14H25N3OS/c1-6-14(7-2,19-5)10-15-13-16-11(4)9-12(17-13)18-8-3/h9H,6-8,10H2,1-5H3,(H,15,16,17). The van der Waals surface area contributed by atoms with Gasteiger partial charge in [0.1, 0.15) is 0 Å². The highest BCUT2D eigenvalue weighted by Gasteiger charge is 2.24. The Labute approximate surface area is 120 Å². The van der Waals surface area contributed by atoms with Crippen molar-refractivity contribution >= 4 is 17.7 Å². The van der Waals surface area contributed by atoms with Crippen LogP contribution >= 0.6 is 11.8 Å². The third-order valence-corrected chi connectivity index (χ3v) is 5.00. The van der Waals surface area contributed by atoms with Crippen molar-refractivity contribution in [1.82, 2.24) is 9.97 Å². The molecule has 0 amide bonds. The summed E-state index contributed by atoms with van der Waals surface area (Å²) in [5, 5.41) is 3.35. The van der Waals surface area contributed by atoms with Gasteiger partial charge in [-0.1, -0.05) is 13.8 Å². The van der Waals surface area contributed by atoms with Crippen LogP contribution in [0.3, 0.4) is 0 Å². The van der Waals surface area contributed by atoms with E-state index in [1.54, 1.807) is 0 Å². The molecule has 1 aromatic rings. The average molecular weight is 283 g/mol. The maximum absolute atomic E-state index is 5.44. The summed E-state index contributed by atoms with van der Waals surface area (Å²) in [5.41, 5.74) is 0.920. The Bertz CT molecular complexity index is 386. The van der Waals surface area contributed by atoms with Gasteiger partial charge in [-0.25, -0.2) is 4.98 Å². The van der Waals surface area contributed by atoms with Gasteiger partial charge in [-0.3, -0.25) is 0 Å². The van der Waals surface area contributed by atoms with Gasteiger partial charge in [0.05, 0.1) is 6.61 Å². The number of hydrogen-bond donors (Lipinski definition) is 1. The molecule has 5 heteroatoms. The number of thioether (sulfide) groups is 1. The normalized spacial score (nSPS) is 11.4. The second-order valence-corrected chi connectivity index (χ2v) is 5.83. The zero-order valence-electron chi connectivity index (χ0n) is 12.6. The Morgan fingerprint density at radius 1 is 1.26 bits per heavy atom. The second-order valence-electron chi connectivity index (χ2n) is 4.55. The van der Waals surface area contributed by atoms with Crippen LogP contribution in [0.15, 0.2) is 6.07 Å². The second kappa shape index (κ2) is 7.58. The summed E-state index contributed by atoms with van der Waals surface area (Å²) in [6, 6.07) is 1.86. The molecule has 0 aliphatic carbocycles. The molecular weight excluding hydrogens is 258 g/mol. The topological polar surface area (TPSA) is 47.0 Å². The fraction of sp³-hybridized carbons (Fsp3) is 0.714. The van der Waals surface area contributed by atoms with E-state index in [0.717, 1.165) is 25.1 Å². The molecule has 0 spiro atoms. The van der Waals surface area contributed by atoms with Crippen LogP contribution < -0.4 is 10.1 Å². The molecule has 1 heterocycles. The highest BCUT2D eigenvalue weighted by atomic mass is 32.2. The Kier molecular flexibility index (Phi) is 6.42. The molecule has 0 saturated carbocycles. The number of anilines is 1. The minimum absolute atomic E-state index is 0.249. The molecule has 0 unspecified atom stereocenters. The third-order valence-electron chi connectivity index (χ3n) is 3.41. The van der Waals surface area contributed by atoms with Crippen molar-refractivity contribution in [1.29, 1.82) is 0 Å². The Morgan fingerprint density at radius 2 is 1.95 bits per heavy atom. The van der Waals surface area contributed by atoms with Crippen LogP contribution in [0, 0.1) is 6.92 Å². The van der Waals surface area contributed by atoms with Crippen molar-refractivity contribution in [2.45, 2.75) is 45.3 Å². The summed E-state index contributed by atoms with van der Waals surface area (Å²) >= 11 is 1.91. The van der Waals surface area contributed by atoms with Gasteiger partial charge in [-0.2, -0.15) is 16.7 Å². The van der Waals surface area contributed by atoms with Crippen LogP contribution in [-0.4, -0.2) is 34.1 Å². The maximum Gasteiger partial charge on any atom is 0.226 e. The van der Waals surface area contributed by atoms with E-state index >= 15 is 0 Å². The van der Waals surface area contributed by atoms with Crippen LogP contribution in [0.1, 0.15) is 39.3 Å². The molecule has 4 nitrogen and oxygen atoms in total. The first kappa shape index (κ1) is 16.1. The van der Waals surface area contributed by atoms with E-state index in [1.807, 2.05) is 31.7 Å². The summed E-state index contributed by atoms with van der Waals surface area (Å²) in [4.78, 5) is 8.79. The predicted molar refractivity (Wildman–Crippen MR) is 83.3 cm³/mol. The van der Waals surface area contributed by atoms with Crippen molar-refractivity contribution < 1.29 is 4.74 Å². The largest absolute Gasteiger partial charge is 0.478 e. The van der Waals surface area contributed by atoms with Gasteiger partial charge in [-0.05, 0) is 32.9 Å². The monoisotopic (exact) mass is 283 g/mol. The third kappa shape index (κ3) is 4.56. The van der Waals surface area contributed by atoms with Crippen molar-refractivity contribution in [3.05, 3.63) is 11.8 Å². The van der Waals surface area contributed by atoms with Gasteiger partial charge in [0.2, 0.25) is 11.8 Å². The first-order valence-electron chi connectivity index (χ1n) is 6.86. The van der Waals surface area contributed by atoms with Gasteiger partial charge in [0.25, 0.3) is 0 Å². The molecule has 1 aromatic heterocycles. The first-order valence-corrected chi connectivity index (χ1v) is 8.09. The fourth-order valence-electron chi connectivity index (χ4n) is 1.94. The van der Waals surface area contributed by atoms with E-state index in [1.165, 1.54) is 0 Å². The van der Waals surface area contributed by atoms with Crippen LogP contribution in [0.2, 0.25) is 0 Å². The smallest absolute Gasteiger partial charge is 0.226 e. The minimum atomic E-state index is 0.249. The molecule has 0 radical (unpaired) electrons. The van der Waals surface area contributed by atoms with Crippen LogP contribution in [-0.2, 0) is 0 Å². The quantitative estimate of drug-likeness (QED) is 0.791. The summed E-state index contributed by atoms with van der Waals surface area (Å²) in [5.74, 6) is 1.30. The van der Waals surface area contributed by atoms with Crippen molar-refractivity contribution in [3.63, 3.8) is 0 Å². The molecule has 0 aliphatic heterocycles. The molecule has 0 aromatic carbocycles. The van der Waals surface area contributed by atoms with E-state index in [0.29, 0.717) is 18.4 Å². The van der Waals surface area contributed by atoms with Crippen LogP contribution in [0.5, 0.6) is 5.88 Å². The Hall–Kier alpha value is -0.970. The van der Waals surface area contributed by atoms with Gasteiger partial charge < -0.3 is 10.1 Å². The number of rotatable bonds is 8. The van der Waals surface area contributed by atoms with E-state index < -0.39 is 0 Å². The van der Waals surface area contributed by atoms with Gasteiger partial charge in [0, 0.05) is 23.1 Å². The maximum atomic E-state index is 5.44. The number of hydrogen-bond acceptors (Lipinski definition) is 5. The molecule has 0 aliphatic rings. The highest BCUT2D eigenvalue weighted by molar-refractivity contribution is 8.00. The van der Waals surface area contributed by atoms with Crippen LogP contribution in [0.25, 0.3) is 0 Å². The van der Waals surface area contributed by atoms with E-state index in [9.17, 15) is 0 Å². The average Bonchev–Trinajstić information content (AvgIpc) is 2.41. The molecule has 1 N–H and O–H groups in total. The number of aromatic nitrogens is 2. The molecule has 1 rings (SSSR count). The number of nitrogens with zero attached hydrogens (tertiary/aromatic N) is 2. The molecule has 108 valence electrons. The summed E-state index contributed by atoms with van der Waals surface area (Å²) in [6.45, 7) is 9.86. The molecular formula is C14H25N3OS. The highest BCUT2D eigenvalue weighted by Crippen LogP contribution is 2.30. The van der Waals surface area contributed by atoms with Gasteiger partial charge in [-0.15, -0.1) is 0 Å². The SMILES string of the molecule is CCOc1cc(C)nc(NCC(CC)(CC)SC)n1. The summed E-state index contributed by atoms with van der Waals surface area (Å²) < 4.78 is 5.69. The van der Waals surface area contributed by atoms with Crippen molar-refractivity contribution in [2.24, 2.45) is 0 Å². The summed E-state index contributed by atoms with van der Waals surface area (Å²) in [7, 11) is 0. The lowest BCUT2D eigenvalue weighted by atomic mass is 10.0. The van der Waals surface area contributed by atoms with E-state index in [-0.39, 0.29) is 4.75 Å². The number of ether oxygens (including phenoxy) is 1. The molecule has 0 bridgehead atoms. The van der Waals surface area contributed by atoms with Crippen molar-refractivity contribution in [3.8, 4) is 5.88 Å². The minimum Gasteiger partial charge on any atom is -0.478 e.